The van der Waals surface area contributed by atoms with Gasteiger partial charge in [0.25, 0.3) is 0 Å². The van der Waals surface area contributed by atoms with Crippen molar-refractivity contribution >= 4 is 15.5 Å². The Balaban J connectivity index is 2.33. The summed E-state index contributed by atoms with van der Waals surface area (Å²) in [6.45, 7) is 0. The number of hydrogen-bond donors (Lipinski definition) is 1. The van der Waals surface area contributed by atoms with Gasteiger partial charge in [0.05, 0.1) is 10.6 Å². The molecule has 0 unspecified atom stereocenters. The standard InChI is InChI=1S/C13H12FNO2S/c14-11-5-7-12(8-6-11)18(16,17)9-10-3-1-2-4-13(10)15/h1-8H,9,15H2. The summed E-state index contributed by atoms with van der Waals surface area (Å²) in [4.78, 5) is 0.0900. The van der Waals surface area contributed by atoms with Crippen molar-refractivity contribution in [2.75, 3.05) is 5.73 Å². The van der Waals surface area contributed by atoms with Gasteiger partial charge in [0.1, 0.15) is 5.82 Å². The highest BCUT2D eigenvalue weighted by Crippen LogP contribution is 2.20. The SMILES string of the molecule is Nc1ccccc1CS(=O)(=O)c1ccc(F)cc1. The first-order valence-corrected chi connectivity index (χ1v) is 6.96. The number of hydrogen-bond acceptors (Lipinski definition) is 3. The largest absolute Gasteiger partial charge is 0.398 e. The maximum absolute atomic E-state index is 12.8. The lowest BCUT2D eigenvalue weighted by Crippen LogP contribution is -2.06. The zero-order valence-corrected chi connectivity index (χ0v) is 10.3. The Morgan fingerprint density at radius 2 is 1.61 bits per heavy atom. The number of para-hydroxylation sites is 1. The second-order valence-electron chi connectivity index (χ2n) is 3.91. The molecule has 0 radical (unpaired) electrons. The Hall–Kier alpha value is -1.88. The van der Waals surface area contributed by atoms with Crippen LogP contribution in [-0.4, -0.2) is 8.42 Å². The van der Waals surface area contributed by atoms with E-state index in [0.717, 1.165) is 12.1 Å². The summed E-state index contributed by atoms with van der Waals surface area (Å²) in [5.74, 6) is -0.654. The van der Waals surface area contributed by atoms with Crippen molar-refractivity contribution in [1.82, 2.24) is 0 Å². The Bertz CT molecular complexity index is 651. The predicted octanol–water partition coefficient (Wildman–Crippen LogP) is 2.38. The lowest BCUT2D eigenvalue weighted by molar-refractivity contribution is 0.594. The molecule has 0 fully saturated rings. The van der Waals surface area contributed by atoms with Gasteiger partial charge >= 0.3 is 0 Å². The molecule has 0 amide bonds. The third-order valence-electron chi connectivity index (χ3n) is 2.57. The van der Waals surface area contributed by atoms with Crippen LogP contribution in [0.15, 0.2) is 53.4 Å². The van der Waals surface area contributed by atoms with Crippen molar-refractivity contribution < 1.29 is 12.8 Å². The van der Waals surface area contributed by atoms with Crippen molar-refractivity contribution in [2.24, 2.45) is 0 Å². The first kappa shape index (κ1) is 12.6. The highest BCUT2D eigenvalue weighted by molar-refractivity contribution is 7.90. The molecule has 0 aliphatic carbocycles. The number of anilines is 1. The smallest absolute Gasteiger partial charge is 0.182 e. The first-order chi connectivity index (χ1) is 8.49. The lowest BCUT2D eigenvalue weighted by atomic mass is 10.2. The third kappa shape index (κ3) is 2.68. The zero-order valence-electron chi connectivity index (χ0n) is 9.51. The Morgan fingerprint density at radius 1 is 1.00 bits per heavy atom. The number of sulfone groups is 1. The van der Waals surface area contributed by atoms with Gasteiger partial charge in [0, 0.05) is 5.69 Å². The van der Waals surface area contributed by atoms with E-state index in [1.807, 2.05) is 0 Å². The molecule has 94 valence electrons. The summed E-state index contributed by atoms with van der Waals surface area (Å²) in [5.41, 5.74) is 6.68. The maximum atomic E-state index is 12.8. The summed E-state index contributed by atoms with van der Waals surface area (Å²) in [6, 6.07) is 11.5. The lowest BCUT2D eigenvalue weighted by Gasteiger charge is -2.07. The van der Waals surface area contributed by atoms with Gasteiger partial charge in [-0.05, 0) is 35.9 Å². The molecule has 3 nitrogen and oxygen atoms in total. The molecule has 0 aromatic heterocycles. The fourth-order valence-corrected chi connectivity index (χ4v) is 2.99. The molecule has 0 atom stereocenters. The van der Waals surface area contributed by atoms with E-state index in [-0.39, 0.29) is 10.6 Å². The van der Waals surface area contributed by atoms with Crippen LogP contribution in [0, 0.1) is 5.82 Å². The van der Waals surface area contributed by atoms with Gasteiger partial charge in [0.2, 0.25) is 0 Å². The van der Waals surface area contributed by atoms with Crippen LogP contribution < -0.4 is 5.73 Å². The van der Waals surface area contributed by atoms with Crippen LogP contribution in [0.3, 0.4) is 0 Å². The minimum Gasteiger partial charge on any atom is -0.398 e. The van der Waals surface area contributed by atoms with Crippen molar-refractivity contribution in [3.8, 4) is 0 Å². The molecular weight excluding hydrogens is 253 g/mol. The molecule has 0 spiro atoms. The highest BCUT2D eigenvalue weighted by Gasteiger charge is 2.16. The zero-order chi connectivity index (χ0) is 13.2. The van der Waals surface area contributed by atoms with Gasteiger partial charge in [-0.3, -0.25) is 0 Å². The van der Waals surface area contributed by atoms with E-state index in [4.69, 9.17) is 5.73 Å². The molecule has 0 saturated carbocycles. The van der Waals surface area contributed by atoms with Crippen molar-refractivity contribution in [2.45, 2.75) is 10.6 Å². The molecule has 2 rings (SSSR count). The summed E-state index contributed by atoms with van der Waals surface area (Å²) >= 11 is 0. The second kappa shape index (κ2) is 4.78. The van der Waals surface area contributed by atoms with Gasteiger partial charge in [-0.15, -0.1) is 0 Å². The van der Waals surface area contributed by atoms with Crippen LogP contribution in [0.2, 0.25) is 0 Å². The van der Waals surface area contributed by atoms with Crippen LogP contribution in [0.25, 0.3) is 0 Å². The molecule has 2 aromatic rings. The van der Waals surface area contributed by atoms with E-state index in [0.29, 0.717) is 11.3 Å². The number of nitrogen functional groups attached to an aromatic ring is 1. The number of benzene rings is 2. The normalized spacial score (nSPS) is 11.4. The average Bonchev–Trinajstić information content (AvgIpc) is 2.32. The fraction of sp³-hybridized carbons (Fsp3) is 0.0769. The topological polar surface area (TPSA) is 60.2 Å². The van der Waals surface area contributed by atoms with Gasteiger partial charge in [-0.1, -0.05) is 18.2 Å². The number of halogens is 1. The monoisotopic (exact) mass is 265 g/mol. The van der Waals surface area contributed by atoms with E-state index in [1.165, 1.54) is 12.1 Å². The van der Waals surface area contributed by atoms with Gasteiger partial charge in [0.15, 0.2) is 9.84 Å². The molecule has 0 aliphatic heterocycles. The van der Waals surface area contributed by atoms with E-state index >= 15 is 0 Å². The molecule has 0 bridgehead atoms. The Labute approximate surface area is 105 Å². The molecule has 2 N–H and O–H groups in total. The summed E-state index contributed by atoms with van der Waals surface area (Å²) in [5, 5.41) is 0. The molecular formula is C13H12FNO2S. The number of rotatable bonds is 3. The Kier molecular flexibility index (Phi) is 3.34. The molecule has 18 heavy (non-hydrogen) atoms. The second-order valence-corrected chi connectivity index (χ2v) is 5.90. The van der Waals surface area contributed by atoms with E-state index < -0.39 is 15.7 Å². The van der Waals surface area contributed by atoms with Crippen LogP contribution in [0.5, 0.6) is 0 Å². The van der Waals surface area contributed by atoms with Crippen LogP contribution in [0.1, 0.15) is 5.56 Å². The molecule has 2 aromatic carbocycles. The van der Waals surface area contributed by atoms with Crippen molar-refractivity contribution in [3.63, 3.8) is 0 Å². The van der Waals surface area contributed by atoms with Crippen LogP contribution >= 0.6 is 0 Å². The van der Waals surface area contributed by atoms with Crippen LogP contribution in [-0.2, 0) is 15.6 Å². The first-order valence-electron chi connectivity index (χ1n) is 5.31. The quantitative estimate of drug-likeness (QED) is 0.684. The van der Waals surface area contributed by atoms with E-state index in [2.05, 4.69) is 0 Å². The third-order valence-corrected chi connectivity index (χ3v) is 4.25. The average molecular weight is 265 g/mol. The van der Waals surface area contributed by atoms with Crippen molar-refractivity contribution in [3.05, 3.63) is 59.9 Å². The minimum absolute atomic E-state index is 0.0900. The molecule has 0 saturated heterocycles. The fourth-order valence-electron chi connectivity index (χ4n) is 1.60. The summed E-state index contributed by atoms with van der Waals surface area (Å²) in [7, 11) is -3.50. The molecule has 0 aliphatic rings. The molecule has 0 heterocycles. The van der Waals surface area contributed by atoms with Gasteiger partial charge in [-0.25, -0.2) is 12.8 Å². The maximum Gasteiger partial charge on any atom is 0.182 e. The summed E-state index contributed by atoms with van der Waals surface area (Å²) < 4.78 is 36.9. The van der Waals surface area contributed by atoms with Crippen molar-refractivity contribution in [1.29, 1.82) is 0 Å². The minimum atomic E-state index is -3.50. The van der Waals surface area contributed by atoms with Gasteiger partial charge in [-0.2, -0.15) is 0 Å². The number of nitrogens with two attached hydrogens (primary N) is 1. The van der Waals surface area contributed by atoms with Gasteiger partial charge < -0.3 is 5.73 Å². The Morgan fingerprint density at radius 3 is 2.22 bits per heavy atom. The predicted molar refractivity (Wildman–Crippen MR) is 68.1 cm³/mol. The van der Waals surface area contributed by atoms with E-state index in [1.54, 1.807) is 24.3 Å². The van der Waals surface area contributed by atoms with E-state index in [9.17, 15) is 12.8 Å². The summed E-state index contributed by atoms with van der Waals surface area (Å²) in [6.07, 6.45) is 0. The molecule has 5 heteroatoms. The highest BCUT2D eigenvalue weighted by atomic mass is 32.2. The van der Waals surface area contributed by atoms with Crippen LogP contribution in [0.4, 0.5) is 10.1 Å².